The molecular weight excluding hydrogens is 307 g/mol. The van der Waals surface area contributed by atoms with Crippen LogP contribution in [-0.4, -0.2) is 16.9 Å². The van der Waals surface area contributed by atoms with Crippen molar-refractivity contribution in [3.63, 3.8) is 0 Å². The Bertz CT molecular complexity index is 568. The molecule has 0 radical (unpaired) electrons. The first-order valence-corrected chi connectivity index (χ1v) is 7.46. The van der Waals surface area contributed by atoms with Crippen LogP contribution in [0.1, 0.15) is 11.1 Å². The largest absolute Gasteiger partial charge is 0.463 e. The van der Waals surface area contributed by atoms with Gasteiger partial charge in [0.15, 0.2) is 0 Å². The van der Waals surface area contributed by atoms with Gasteiger partial charge in [-0.2, -0.15) is 0 Å². The number of ether oxygens (including phenoxy) is 1. The number of alkyl halides is 2. The van der Waals surface area contributed by atoms with Gasteiger partial charge in [0.1, 0.15) is 0 Å². The Labute approximate surface area is 134 Å². The van der Waals surface area contributed by atoms with Crippen molar-refractivity contribution in [3.05, 3.63) is 71.8 Å². The third-order valence-electron chi connectivity index (χ3n) is 3.03. The zero-order valence-corrected chi connectivity index (χ0v) is 13.0. The minimum Gasteiger partial charge on any atom is -0.463 e. The average Bonchev–Trinajstić information content (AvgIpc) is 2.49. The Hall–Kier alpha value is -1.51. The van der Waals surface area contributed by atoms with Crippen LogP contribution in [0.2, 0.25) is 0 Å². The number of rotatable bonds is 6. The predicted octanol–water partition coefficient (Wildman–Crippen LogP) is 4.19. The Morgan fingerprint density at radius 3 is 2.00 bits per heavy atom. The summed E-state index contributed by atoms with van der Waals surface area (Å²) in [6.45, 7) is 0.263. The maximum atomic E-state index is 12.0. The Kier molecular flexibility index (Phi) is 5.66. The van der Waals surface area contributed by atoms with E-state index in [1.807, 2.05) is 60.7 Å². The maximum Gasteiger partial charge on any atom is 0.342 e. The molecule has 0 unspecified atom stereocenters. The highest BCUT2D eigenvalue weighted by molar-refractivity contribution is 6.57. The fraction of sp³-hybridized carbons (Fsp3) is 0.235. The Morgan fingerprint density at radius 2 is 1.43 bits per heavy atom. The molecule has 21 heavy (non-hydrogen) atoms. The molecule has 0 bridgehead atoms. The second-order valence-electron chi connectivity index (χ2n) is 4.74. The standard InChI is InChI=1S/C17H16Cl2O2/c18-17(19,13-15-9-5-2-6-10-15)16(20)21-12-11-14-7-3-1-4-8-14/h1-10H,11-13H2. The minimum atomic E-state index is -1.56. The van der Waals surface area contributed by atoms with E-state index in [9.17, 15) is 4.79 Å². The molecule has 2 nitrogen and oxygen atoms in total. The SMILES string of the molecule is O=C(OCCc1ccccc1)C(Cl)(Cl)Cc1ccccc1. The number of carbonyl (C=O) groups is 1. The molecule has 0 aliphatic heterocycles. The molecule has 0 heterocycles. The number of halogens is 2. The zero-order chi connectivity index (χ0) is 15.1. The molecule has 0 fully saturated rings. The fourth-order valence-electron chi connectivity index (χ4n) is 1.94. The summed E-state index contributed by atoms with van der Waals surface area (Å²) in [4.78, 5) is 12.0. The highest BCUT2D eigenvalue weighted by atomic mass is 35.5. The highest BCUT2D eigenvalue weighted by Crippen LogP contribution is 2.27. The van der Waals surface area contributed by atoms with Gasteiger partial charge in [0.25, 0.3) is 0 Å². The molecule has 0 aliphatic carbocycles. The van der Waals surface area contributed by atoms with E-state index in [2.05, 4.69) is 0 Å². The molecule has 110 valence electrons. The van der Waals surface area contributed by atoms with Crippen molar-refractivity contribution >= 4 is 29.2 Å². The van der Waals surface area contributed by atoms with Crippen molar-refractivity contribution < 1.29 is 9.53 Å². The Morgan fingerprint density at radius 1 is 0.905 bits per heavy atom. The van der Waals surface area contributed by atoms with Gasteiger partial charge in [0.05, 0.1) is 6.61 Å². The molecule has 0 saturated heterocycles. The quantitative estimate of drug-likeness (QED) is 0.588. The molecule has 0 spiro atoms. The van der Waals surface area contributed by atoms with Crippen LogP contribution in [-0.2, 0) is 22.4 Å². The van der Waals surface area contributed by atoms with E-state index in [-0.39, 0.29) is 13.0 Å². The van der Waals surface area contributed by atoms with Crippen molar-refractivity contribution in [2.75, 3.05) is 6.61 Å². The summed E-state index contributed by atoms with van der Waals surface area (Å²) in [7, 11) is 0. The van der Waals surface area contributed by atoms with Crippen molar-refractivity contribution in [1.82, 2.24) is 0 Å². The monoisotopic (exact) mass is 322 g/mol. The lowest BCUT2D eigenvalue weighted by Crippen LogP contribution is -2.31. The number of carbonyl (C=O) groups excluding carboxylic acids is 1. The maximum absolute atomic E-state index is 12.0. The van der Waals surface area contributed by atoms with Gasteiger partial charge in [0.2, 0.25) is 4.33 Å². The van der Waals surface area contributed by atoms with Gasteiger partial charge in [-0.25, -0.2) is 4.79 Å². The normalized spacial score (nSPS) is 11.1. The summed E-state index contributed by atoms with van der Waals surface area (Å²) in [5.41, 5.74) is 1.99. The van der Waals surface area contributed by atoms with E-state index in [4.69, 9.17) is 27.9 Å². The van der Waals surface area contributed by atoms with Crippen LogP contribution >= 0.6 is 23.2 Å². The first kappa shape index (κ1) is 15.9. The molecule has 2 aromatic carbocycles. The molecule has 4 heteroatoms. The van der Waals surface area contributed by atoms with E-state index in [1.165, 1.54) is 0 Å². The van der Waals surface area contributed by atoms with E-state index in [0.29, 0.717) is 6.42 Å². The van der Waals surface area contributed by atoms with Gasteiger partial charge < -0.3 is 4.74 Å². The van der Waals surface area contributed by atoms with Gasteiger partial charge in [0, 0.05) is 12.8 Å². The summed E-state index contributed by atoms with van der Waals surface area (Å²) in [5, 5.41) is 0. The molecule has 0 saturated carbocycles. The van der Waals surface area contributed by atoms with Gasteiger partial charge in [-0.15, -0.1) is 0 Å². The molecular formula is C17H16Cl2O2. The van der Waals surface area contributed by atoms with Crippen molar-refractivity contribution in [3.8, 4) is 0 Å². The summed E-state index contributed by atoms with van der Waals surface area (Å²) in [6.07, 6.45) is 0.864. The van der Waals surface area contributed by atoms with E-state index >= 15 is 0 Å². The second-order valence-corrected chi connectivity index (χ2v) is 6.22. The highest BCUT2D eigenvalue weighted by Gasteiger charge is 2.35. The van der Waals surface area contributed by atoms with Gasteiger partial charge in [-0.05, 0) is 11.1 Å². The molecule has 0 amide bonds. The summed E-state index contributed by atoms with van der Waals surface area (Å²) in [5.74, 6) is -0.606. The summed E-state index contributed by atoms with van der Waals surface area (Å²) >= 11 is 12.2. The lowest BCUT2D eigenvalue weighted by Gasteiger charge is -2.18. The molecule has 2 rings (SSSR count). The zero-order valence-electron chi connectivity index (χ0n) is 11.5. The average molecular weight is 323 g/mol. The number of hydrogen-bond acceptors (Lipinski definition) is 2. The molecule has 0 N–H and O–H groups in total. The van der Waals surface area contributed by atoms with Crippen molar-refractivity contribution in [2.24, 2.45) is 0 Å². The third-order valence-corrected chi connectivity index (χ3v) is 3.61. The molecule has 0 atom stereocenters. The Balaban J connectivity index is 1.84. The summed E-state index contributed by atoms with van der Waals surface area (Å²) < 4.78 is 3.62. The van der Waals surface area contributed by atoms with Crippen LogP contribution in [0.15, 0.2) is 60.7 Å². The third kappa shape index (κ3) is 5.07. The van der Waals surface area contributed by atoms with Gasteiger partial charge >= 0.3 is 5.97 Å². The van der Waals surface area contributed by atoms with E-state index in [0.717, 1.165) is 11.1 Å². The van der Waals surface area contributed by atoms with Crippen molar-refractivity contribution in [2.45, 2.75) is 17.2 Å². The number of esters is 1. The molecule has 2 aromatic rings. The van der Waals surface area contributed by atoms with Crippen LogP contribution in [0.5, 0.6) is 0 Å². The number of hydrogen-bond donors (Lipinski definition) is 0. The van der Waals surface area contributed by atoms with Crippen LogP contribution < -0.4 is 0 Å². The smallest absolute Gasteiger partial charge is 0.342 e. The van der Waals surface area contributed by atoms with Crippen LogP contribution in [0.25, 0.3) is 0 Å². The van der Waals surface area contributed by atoms with Gasteiger partial charge in [-0.3, -0.25) is 0 Å². The van der Waals surface area contributed by atoms with E-state index in [1.54, 1.807) is 0 Å². The second kappa shape index (κ2) is 7.48. The van der Waals surface area contributed by atoms with Crippen molar-refractivity contribution in [1.29, 1.82) is 0 Å². The molecule has 0 aliphatic rings. The first-order chi connectivity index (χ1) is 10.1. The lowest BCUT2D eigenvalue weighted by molar-refractivity contribution is -0.144. The molecule has 0 aromatic heterocycles. The first-order valence-electron chi connectivity index (χ1n) is 6.71. The van der Waals surface area contributed by atoms with Crippen LogP contribution in [0, 0.1) is 0 Å². The predicted molar refractivity (Wildman–Crippen MR) is 85.7 cm³/mol. The lowest BCUT2D eigenvalue weighted by atomic mass is 10.1. The van der Waals surface area contributed by atoms with Gasteiger partial charge in [-0.1, -0.05) is 83.9 Å². The summed E-state index contributed by atoms with van der Waals surface area (Å²) in [6, 6.07) is 19.2. The fourth-order valence-corrected chi connectivity index (χ4v) is 2.35. The van der Waals surface area contributed by atoms with Crippen LogP contribution in [0.3, 0.4) is 0 Å². The number of benzene rings is 2. The van der Waals surface area contributed by atoms with E-state index < -0.39 is 10.3 Å². The minimum absolute atomic E-state index is 0.223. The van der Waals surface area contributed by atoms with Crippen LogP contribution in [0.4, 0.5) is 0 Å². The topological polar surface area (TPSA) is 26.3 Å².